The molecule has 126 valence electrons. The molecule has 3 aromatic carbocycles. The number of halogens is 1. The number of carbonyl (C=O) groups excluding carboxylic acids is 1. The standard InChI is InChI=1S/C21H19ClN2O/c22-20-9-5-4-8-18(20)14-15-23-21(25)24-19-12-10-17(11-13-19)16-6-2-1-3-7-16/h1-13H,14-15H2,(H2,23,24,25). The number of nitrogens with one attached hydrogen (secondary N) is 2. The molecule has 0 saturated heterocycles. The third-order valence-corrected chi connectivity index (χ3v) is 4.26. The summed E-state index contributed by atoms with van der Waals surface area (Å²) in [5.74, 6) is 0. The molecule has 3 aromatic rings. The molecule has 25 heavy (non-hydrogen) atoms. The molecule has 4 heteroatoms. The Bertz CT molecular complexity index is 832. The Balaban J connectivity index is 1.50. The van der Waals surface area contributed by atoms with E-state index in [1.165, 1.54) is 0 Å². The van der Waals surface area contributed by atoms with Gasteiger partial charge in [0.05, 0.1) is 0 Å². The van der Waals surface area contributed by atoms with Crippen LogP contribution in [0.4, 0.5) is 10.5 Å². The van der Waals surface area contributed by atoms with E-state index in [1.807, 2.05) is 66.7 Å². The van der Waals surface area contributed by atoms with Crippen LogP contribution in [0.25, 0.3) is 11.1 Å². The first-order valence-electron chi connectivity index (χ1n) is 8.16. The van der Waals surface area contributed by atoms with Crippen molar-refractivity contribution in [1.82, 2.24) is 5.32 Å². The Labute approximate surface area is 152 Å². The highest BCUT2D eigenvalue weighted by Gasteiger charge is 2.04. The average Bonchev–Trinajstić information content (AvgIpc) is 2.65. The fourth-order valence-corrected chi connectivity index (χ4v) is 2.79. The SMILES string of the molecule is O=C(NCCc1ccccc1Cl)Nc1ccc(-c2ccccc2)cc1. The molecular formula is C21H19ClN2O. The molecule has 0 spiro atoms. The van der Waals surface area contributed by atoms with E-state index >= 15 is 0 Å². The zero-order valence-electron chi connectivity index (χ0n) is 13.7. The summed E-state index contributed by atoms with van der Waals surface area (Å²) in [4.78, 5) is 12.0. The quantitative estimate of drug-likeness (QED) is 0.638. The minimum atomic E-state index is -0.223. The fourth-order valence-electron chi connectivity index (χ4n) is 2.56. The van der Waals surface area contributed by atoms with Crippen molar-refractivity contribution in [3.63, 3.8) is 0 Å². The van der Waals surface area contributed by atoms with Gasteiger partial charge in [0.2, 0.25) is 0 Å². The Kier molecular flexibility index (Phi) is 5.70. The highest BCUT2D eigenvalue weighted by molar-refractivity contribution is 6.31. The second-order valence-corrected chi connectivity index (χ2v) is 6.07. The average molecular weight is 351 g/mol. The van der Waals surface area contributed by atoms with Crippen LogP contribution in [-0.2, 0) is 6.42 Å². The Hall–Kier alpha value is -2.78. The first-order valence-corrected chi connectivity index (χ1v) is 8.54. The summed E-state index contributed by atoms with van der Waals surface area (Å²) in [6, 6.07) is 25.3. The molecular weight excluding hydrogens is 332 g/mol. The van der Waals surface area contributed by atoms with E-state index in [4.69, 9.17) is 11.6 Å². The van der Waals surface area contributed by atoms with Crippen molar-refractivity contribution in [2.45, 2.75) is 6.42 Å². The topological polar surface area (TPSA) is 41.1 Å². The molecule has 0 fully saturated rings. The molecule has 0 atom stereocenters. The summed E-state index contributed by atoms with van der Waals surface area (Å²) in [5, 5.41) is 6.41. The van der Waals surface area contributed by atoms with Gasteiger partial charge in [-0.2, -0.15) is 0 Å². The maximum Gasteiger partial charge on any atom is 0.319 e. The maximum atomic E-state index is 12.0. The molecule has 0 aromatic heterocycles. The monoisotopic (exact) mass is 350 g/mol. The number of anilines is 1. The highest BCUT2D eigenvalue weighted by atomic mass is 35.5. The van der Waals surface area contributed by atoms with Crippen molar-refractivity contribution in [2.24, 2.45) is 0 Å². The lowest BCUT2D eigenvalue weighted by Crippen LogP contribution is -2.30. The van der Waals surface area contributed by atoms with Gasteiger partial charge in [0, 0.05) is 17.3 Å². The molecule has 0 aliphatic rings. The third-order valence-electron chi connectivity index (χ3n) is 3.89. The number of hydrogen-bond acceptors (Lipinski definition) is 1. The van der Waals surface area contributed by atoms with Crippen molar-refractivity contribution in [1.29, 1.82) is 0 Å². The van der Waals surface area contributed by atoms with Gasteiger partial charge in [0.1, 0.15) is 0 Å². The lowest BCUT2D eigenvalue weighted by Gasteiger charge is -2.09. The van der Waals surface area contributed by atoms with E-state index in [0.29, 0.717) is 13.0 Å². The Morgan fingerprint density at radius 2 is 1.44 bits per heavy atom. The first kappa shape index (κ1) is 17.1. The zero-order valence-corrected chi connectivity index (χ0v) is 14.5. The van der Waals surface area contributed by atoms with Gasteiger partial charge < -0.3 is 10.6 Å². The molecule has 0 aliphatic carbocycles. The Morgan fingerprint density at radius 1 is 0.800 bits per heavy atom. The highest BCUT2D eigenvalue weighted by Crippen LogP contribution is 2.21. The first-order chi connectivity index (χ1) is 12.2. The molecule has 0 bridgehead atoms. The summed E-state index contributed by atoms with van der Waals surface area (Å²) in [6.45, 7) is 0.525. The summed E-state index contributed by atoms with van der Waals surface area (Å²) in [7, 11) is 0. The van der Waals surface area contributed by atoms with Crippen LogP contribution in [0.2, 0.25) is 5.02 Å². The van der Waals surface area contributed by atoms with Crippen molar-refractivity contribution in [3.8, 4) is 11.1 Å². The van der Waals surface area contributed by atoms with Crippen LogP contribution in [0.15, 0.2) is 78.9 Å². The zero-order chi connectivity index (χ0) is 17.5. The Morgan fingerprint density at radius 3 is 2.16 bits per heavy atom. The van der Waals surface area contributed by atoms with Crippen LogP contribution in [0.5, 0.6) is 0 Å². The van der Waals surface area contributed by atoms with Gasteiger partial charge in [-0.3, -0.25) is 0 Å². The van der Waals surface area contributed by atoms with E-state index in [-0.39, 0.29) is 6.03 Å². The van der Waals surface area contributed by atoms with Crippen LogP contribution >= 0.6 is 11.6 Å². The summed E-state index contributed by atoms with van der Waals surface area (Å²) in [5.41, 5.74) is 4.05. The van der Waals surface area contributed by atoms with E-state index in [9.17, 15) is 4.79 Å². The van der Waals surface area contributed by atoms with Crippen LogP contribution in [0, 0.1) is 0 Å². The van der Waals surface area contributed by atoms with Gasteiger partial charge in [0.15, 0.2) is 0 Å². The van der Waals surface area contributed by atoms with E-state index in [0.717, 1.165) is 27.4 Å². The van der Waals surface area contributed by atoms with Gasteiger partial charge >= 0.3 is 6.03 Å². The molecule has 2 N–H and O–H groups in total. The number of hydrogen-bond donors (Lipinski definition) is 2. The summed E-state index contributed by atoms with van der Waals surface area (Å²) >= 11 is 6.11. The fraction of sp³-hybridized carbons (Fsp3) is 0.0952. The number of rotatable bonds is 5. The molecule has 0 heterocycles. The normalized spacial score (nSPS) is 10.3. The minimum absolute atomic E-state index is 0.223. The van der Waals surface area contributed by atoms with Gasteiger partial charge in [-0.25, -0.2) is 4.79 Å². The lowest BCUT2D eigenvalue weighted by molar-refractivity contribution is 0.252. The van der Waals surface area contributed by atoms with Gasteiger partial charge in [-0.15, -0.1) is 0 Å². The minimum Gasteiger partial charge on any atom is -0.338 e. The van der Waals surface area contributed by atoms with Gasteiger partial charge in [-0.05, 0) is 41.3 Å². The predicted molar refractivity (Wildman–Crippen MR) is 104 cm³/mol. The number of carbonyl (C=O) groups is 1. The number of benzene rings is 3. The number of urea groups is 1. The molecule has 2 amide bonds. The van der Waals surface area contributed by atoms with Crippen molar-refractivity contribution in [2.75, 3.05) is 11.9 Å². The largest absolute Gasteiger partial charge is 0.338 e. The smallest absolute Gasteiger partial charge is 0.319 e. The molecule has 0 unspecified atom stereocenters. The van der Waals surface area contributed by atoms with Crippen LogP contribution in [-0.4, -0.2) is 12.6 Å². The molecule has 0 radical (unpaired) electrons. The van der Waals surface area contributed by atoms with Gasteiger partial charge in [-0.1, -0.05) is 72.3 Å². The second kappa shape index (κ2) is 8.36. The number of amides is 2. The van der Waals surface area contributed by atoms with Crippen LogP contribution in [0.3, 0.4) is 0 Å². The molecule has 0 aliphatic heterocycles. The third kappa shape index (κ3) is 4.85. The molecule has 0 saturated carbocycles. The van der Waals surface area contributed by atoms with E-state index in [1.54, 1.807) is 0 Å². The van der Waals surface area contributed by atoms with Crippen LogP contribution < -0.4 is 10.6 Å². The predicted octanol–water partition coefficient (Wildman–Crippen LogP) is 5.37. The van der Waals surface area contributed by atoms with Gasteiger partial charge in [0.25, 0.3) is 0 Å². The summed E-state index contributed by atoms with van der Waals surface area (Å²) in [6.07, 6.45) is 0.694. The van der Waals surface area contributed by atoms with Crippen molar-refractivity contribution < 1.29 is 4.79 Å². The second-order valence-electron chi connectivity index (χ2n) is 5.67. The lowest BCUT2D eigenvalue weighted by atomic mass is 10.1. The molecule has 3 rings (SSSR count). The summed E-state index contributed by atoms with van der Waals surface area (Å²) < 4.78 is 0. The van der Waals surface area contributed by atoms with Crippen molar-refractivity contribution >= 4 is 23.3 Å². The maximum absolute atomic E-state index is 12.0. The molecule has 3 nitrogen and oxygen atoms in total. The van der Waals surface area contributed by atoms with E-state index in [2.05, 4.69) is 22.8 Å². The van der Waals surface area contributed by atoms with E-state index < -0.39 is 0 Å². The van der Waals surface area contributed by atoms with Crippen molar-refractivity contribution in [3.05, 3.63) is 89.4 Å². The van der Waals surface area contributed by atoms with Crippen LogP contribution in [0.1, 0.15) is 5.56 Å².